The van der Waals surface area contributed by atoms with Crippen molar-refractivity contribution in [1.82, 2.24) is 19.7 Å². The summed E-state index contributed by atoms with van der Waals surface area (Å²) < 4.78 is 1.70. The first kappa shape index (κ1) is 8.64. The maximum atomic E-state index is 5.28. The van der Waals surface area contributed by atoms with Gasteiger partial charge in [-0.3, -0.25) is 10.8 Å². The highest BCUT2D eigenvalue weighted by Crippen LogP contribution is 2.06. The fourth-order valence-electron chi connectivity index (χ4n) is 1.13. The molecule has 0 aliphatic heterocycles. The second-order valence-corrected chi connectivity index (χ2v) is 2.77. The van der Waals surface area contributed by atoms with Gasteiger partial charge in [-0.25, -0.2) is 9.67 Å². The van der Waals surface area contributed by atoms with E-state index in [1.165, 1.54) is 6.33 Å². The third kappa shape index (κ3) is 1.86. The third-order valence-corrected chi connectivity index (χ3v) is 1.77. The van der Waals surface area contributed by atoms with Crippen LogP contribution in [0.15, 0.2) is 31.0 Å². The van der Waals surface area contributed by atoms with Crippen LogP contribution in [0, 0.1) is 0 Å². The Balaban J connectivity index is 2.17. The Labute approximate surface area is 80.8 Å². The quantitative estimate of drug-likeness (QED) is 0.526. The highest BCUT2D eigenvalue weighted by Gasteiger charge is 1.97. The van der Waals surface area contributed by atoms with Crippen molar-refractivity contribution in [2.24, 2.45) is 5.84 Å². The SMILES string of the molecule is NNc1ccnc(Cn2cncn2)c1. The predicted molar refractivity (Wildman–Crippen MR) is 51.2 cm³/mol. The van der Waals surface area contributed by atoms with Crippen LogP contribution in [-0.4, -0.2) is 19.7 Å². The van der Waals surface area contributed by atoms with E-state index in [2.05, 4.69) is 20.5 Å². The van der Waals surface area contributed by atoms with Crippen LogP contribution < -0.4 is 11.3 Å². The van der Waals surface area contributed by atoms with Gasteiger partial charge in [0, 0.05) is 6.20 Å². The zero-order valence-corrected chi connectivity index (χ0v) is 7.46. The van der Waals surface area contributed by atoms with Crippen molar-refractivity contribution in [2.45, 2.75) is 6.54 Å². The fraction of sp³-hybridized carbons (Fsp3) is 0.125. The average Bonchev–Trinajstić information content (AvgIpc) is 2.71. The van der Waals surface area contributed by atoms with Crippen molar-refractivity contribution in [3.63, 3.8) is 0 Å². The van der Waals surface area contributed by atoms with E-state index >= 15 is 0 Å². The molecule has 6 nitrogen and oxygen atoms in total. The van der Waals surface area contributed by atoms with E-state index in [0.717, 1.165) is 11.4 Å². The Morgan fingerprint density at radius 3 is 3.14 bits per heavy atom. The first-order valence-corrected chi connectivity index (χ1v) is 4.12. The summed E-state index contributed by atoms with van der Waals surface area (Å²) in [6, 6.07) is 3.66. The fourth-order valence-corrected chi connectivity index (χ4v) is 1.13. The third-order valence-electron chi connectivity index (χ3n) is 1.77. The molecule has 0 aromatic carbocycles. The van der Waals surface area contributed by atoms with Crippen LogP contribution >= 0.6 is 0 Å². The Hall–Kier alpha value is -1.95. The molecule has 0 radical (unpaired) electrons. The molecule has 0 atom stereocenters. The molecule has 2 aromatic heterocycles. The first-order chi connectivity index (χ1) is 6.88. The number of nitrogens with two attached hydrogens (primary N) is 1. The van der Waals surface area contributed by atoms with Crippen molar-refractivity contribution < 1.29 is 0 Å². The largest absolute Gasteiger partial charge is 0.324 e. The molecule has 0 amide bonds. The van der Waals surface area contributed by atoms with Crippen LogP contribution in [0.5, 0.6) is 0 Å². The molecule has 6 heteroatoms. The minimum Gasteiger partial charge on any atom is -0.324 e. The maximum Gasteiger partial charge on any atom is 0.137 e. The molecule has 14 heavy (non-hydrogen) atoms. The summed E-state index contributed by atoms with van der Waals surface area (Å²) in [4.78, 5) is 8.02. The summed E-state index contributed by atoms with van der Waals surface area (Å²) in [5, 5.41) is 3.98. The predicted octanol–water partition coefficient (Wildman–Crippen LogP) is 0.00700. The molecule has 0 aliphatic rings. The van der Waals surface area contributed by atoms with E-state index in [4.69, 9.17) is 5.84 Å². The zero-order valence-electron chi connectivity index (χ0n) is 7.46. The van der Waals surface area contributed by atoms with Gasteiger partial charge in [-0.15, -0.1) is 0 Å². The lowest BCUT2D eigenvalue weighted by atomic mass is 10.3. The maximum absolute atomic E-state index is 5.28. The van der Waals surface area contributed by atoms with E-state index in [9.17, 15) is 0 Å². The van der Waals surface area contributed by atoms with Gasteiger partial charge in [0.1, 0.15) is 12.7 Å². The van der Waals surface area contributed by atoms with Gasteiger partial charge in [-0.2, -0.15) is 5.10 Å². The zero-order chi connectivity index (χ0) is 9.80. The summed E-state index contributed by atoms with van der Waals surface area (Å²) in [6.45, 7) is 0.593. The van der Waals surface area contributed by atoms with E-state index < -0.39 is 0 Å². The van der Waals surface area contributed by atoms with Gasteiger partial charge >= 0.3 is 0 Å². The topological polar surface area (TPSA) is 81.6 Å². The summed E-state index contributed by atoms with van der Waals surface area (Å²) in [5.41, 5.74) is 4.27. The lowest BCUT2D eigenvalue weighted by Crippen LogP contribution is -2.08. The van der Waals surface area contributed by atoms with Crippen LogP contribution in [0.4, 0.5) is 5.69 Å². The molecule has 0 saturated heterocycles. The summed E-state index contributed by atoms with van der Waals surface area (Å²) in [6.07, 6.45) is 4.83. The van der Waals surface area contributed by atoms with Crippen LogP contribution in [0.1, 0.15) is 5.69 Å². The van der Waals surface area contributed by atoms with Crippen LogP contribution in [0.25, 0.3) is 0 Å². The Kier molecular flexibility index (Phi) is 2.37. The molecule has 0 unspecified atom stereocenters. The number of hydrogen-bond acceptors (Lipinski definition) is 5. The highest BCUT2D eigenvalue weighted by atomic mass is 15.3. The Morgan fingerprint density at radius 2 is 2.43 bits per heavy atom. The molecule has 0 fully saturated rings. The van der Waals surface area contributed by atoms with E-state index in [-0.39, 0.29) is 0 Å². The summed E-state index contributed by atoms with van der Waals surface area (Å²) >= 11 is 0. The Bertz CT molecular complexity index is 396. The molecule has 0 saturated carbocycles. The van der Waals surface area contributed by atoms with E-state index in [1.54, 1.807) is 23.3 Å². The molecule has 72 valence electrons. The average molecular weight is 190 g/mol. The Morgan fingerprint density at radius 1 is 1.50 bits per heavy atom. The van der Waals surface area contributed by atoms with Gasteiger partial charge in [-0.05, 0) is 12.1 Å². The molecule has 0 aliphatic carbocycles. The molecule has 0 bridgehead atoms. The molecule has 2 aromatic rings. The van der Waals surface area contributed by atoms with Crippen molar-refractivity contribution >= 4 is 5.69 Å². The number of rotatable bonds is 3. The summed E-state index contributed by atoms with van der Waals surface area (Å²) in [5.74, 6) is 5.28. The molecule has 2 heterocycles. The summed E-state index contributed by atoms with van der Waals surface area (Å²) in [7, 11) is 0. The van der Waals surface area contributed by atoms with Crippen molar-refractivity contribution in [3.8, 4) is 0 Å². The smallest absolute Gasteiger partial charge is 0.137 e. The molecular weight excluding hydrogens is 180 g/mol. The normalized spacial score (nSPS) is 10.1. The van der Waals surface area contributed by atoms with Gasteiger partial charge in [0.25, 0.3) is 0 Å². The number of hydrazine groups is 1. The van der Waals surface area contributed by atoms with Crippen LogP contribution in [0.2, 0.25) is 0 Å². The second-order valence-electron chi connectivity index (χ2n) is 2.77. The second kappa shape index (κ2) is 3.84. The number of aromatic nitrogens is 4. The monoisotopic (exact) mass is 190 g/mol. The molecule has 0 spiro atoms. The molecule has 2 rings (SSSR count). The lowest BCUT2D eigenvalue weighted by Gasteiger charge is -2.03. The number of nitrogens with zero attached hydrogens (tertiary/aromatic N) is 4. The number of hydrogen-bond donors (Lipinski definition) is 2. The lowest BCUT2D eigenvalue weighted by molar-refractivity contribution is 0.671. The standard InChI is InChI=1S/C8H10N6/c9-13-7-1-2-11-8(3-7)4-14-6-10-5-12-14/h1-3,5-6H,4,9H2,(H,11,13). The van der Waals surface area contributed by atoms with Gasteiger partial charge < -0.3 is 5.43 Å². The van der Waals surface area contributed by atoms with Crippen molar-refractivity contribution in [2.75, 3.05) is 5.43 Å². The highest BCUT2D eigenvalue weighted by molar-refractivity contribution is 5.41. The molecule has 3 N–H and O–H groups in total. The number of pyridine rings is 1. The van der Waals surface area contributed by atoms with E-state index in [0.29, 0.717) is 6.54 Å². The van der Waals surface area contributed by atoms with Crippen molar-refractivity contribution in [1.29, 1.82) is 0 Å². The first-order valence-electron chi connectivity index (χ1n) is 4.12. The minimum atomic E-state index is 0.593. The van der Waals surface area contributed by atoms with Gasteiger partial charge in [-0.1, -0.05) is 0 Å². The number of nitrogens with one attached hydrogen (secondary N) is 1. The molecular formula is C8H10N6. The number of anilines is 1. The minimum absolute atomic E-state index is 0.593. The van der Waals surface area contributed by atoms with Gasteiger partial charge in [0.2, 0.25) is 0 Å². The van der Waals surface area contributed by atoms with E-state index in [1.807, 2.05) is 6.07 Å². The van der Waals surface area contributed by atoms with Gasteiger partial charge in [0.15, 0.2) is 0 Å². The van der Waals surface area contributed by atoms with Crippen LogP contribution in [-0.2, 0) is 6.54 Å². The number of nitrogen functional groups attached to an aromatic ring is 1. The van der Waals surface area contributed by atoms with Crippen molar-refractivity contribution in [3.05, 3.63) is 36.7 Å². The van der Waals surface area contributed by atoms with Crippen LogP contribution in [0.3, 0.4) is 0 Å². The van der Waals surface area contributed by atoms with Gasteiger partial charge in [0.05, 0.1) is 17.9 Å².